The van der Waals surface area contributed by atoms with Crippen LogP contribution in [0.5, 0.6) is 11.5 Å². The van der Waals surface area contributed by atoms with Gasteiger partial charge in [-0.1, -0.05) is 103 Å². The molecule has 2 aliphatic heterocycles. The Bertz CT molecular complexity index is 3320. The van der Waals surface area contributed by atoms with E-state index in [0.29, 0.717) is 12.6 Å². The van der Waals surface area contributed by atoms with Gasteiger partial charge >= 0.3 is 6.36 Å². The minimum atomic E-state index is -4.70. The van der Waals surface area contributed by atoms with Crippen LogP contribution in [0.3, 0.4) is 0 Å². The molecule has 0 unspecified atom stereocenters. The summed E-state index contributed by atoms with van der Waals surface area (Å²) in [4.78, 5) is 10.0. The van der Waals surface area contributed by atoms with Gasteiger partial charge in [-0.2, -0.15) is 0 Å². The lowest BCUT2D eigenvalue weighted by Crippen LogP contribution is -2.45. The number of alkyl halides is 3. The van der Waals surface area contributed by atoms with Crippen molar-refractivity contribution in [2.24, 2.45) is 11.7 Å². The van der Waals surface area contributed by atoms with Gasteiger partial charge in [0.2, 0.25) is 0 Å². The maximum atomic E-state index is 12.7. The van der Waals surface area contributed by atoms with Gasteiger partial charge in [-0.25, -0.2) is 0 Å². The molecule has 1 saturated carbocycles. The minimum absolute atomic E-state index is 0.0722. The first-order chi connectivity index (χ1) is 38.6. The molecule has 0 spiro atoms. The highest BCUT2D eigenvalue weighted by atomic mass is 35.5. The Morgan fingerprint density at radius 3 is 1.48 bits per heavy atom. The lowest BCUT2D eigenvalue weighted by Gasteiger charge is -2.35. The molecule has 8 aromatic rings. The number of ether oxygens (including phenoxy) is 2. The van der Waals surface area contributed by atoms with Gasteiger partial charge in [-0.05, 0) is 152 Å². The Morgan fingerprint density at radius 1 is 0.550 bits per heavy atom. The van der Waals surface area contributed by atoms with Gasteiger partial charge in [0, 0.05) is 145 Å². The molecular formula is C66H76Cl2F3N7O2. The molecule has 0 amide bonds. The quantitative estimate of drug-likeness (QED) is 0.103. The van der Waals surface area contributed by atoms with Crippen molar-refractivity contribution < 1.29 is 22.6 Å². The topological polar surface area (TPSA) is 67.3 Å². The zero-order valence-electron chi connectivity index (χ0n) is 46.7. The van der Waals surface area contributed by atoms with Crippen molar-refractivity contribution in [3.8, 4) is 33.8 Å². The van der Waals surface area contributed by atoms with Crippen molar-refractivity contribution in [3.63, 3.8) is 0 Å². The predicted octanol–water partition coefficient (Wildman–Crippen LogP) is 15.3. The normalized spacial score (nSPS) is 18.1. The van der Waals surface area contributed by atoms with Gasteiger partial charge in [0.25, 0.3) is 0 Å². The van der Waals surface area contributed by atoms with Crippen LogP contribution in [0.2, 0.25) is 10.0 Å². The third-order valence-electron chi connectivity index (χ3n) is 16.8. The van der Waals surface area contributed by atoms with Crippen LogP contribution in [-0.2, 0) is 31.7 Å². The molecule has 3 aliphatic rings. The lowest BCUT2D eigenvalue weighted by molar-refractivity contribution is -0.274. The highest BCUT2D eigenvalue weighted by Gasteiger charge is 2.31. The molecule has 80 heavy (non-hydrogen) atoms. The Hall–Kier alpha value is -5.83. The van der Waals surface area contributed by atoms with E-state index in [9.17, 15) is 13.2 Å². The van der Waals surface area contributed by atoms with Crippen molar-refractivity contribution in [1.82, 2.24) is 28.7 Å². The van der Waals surface area contributed by atoms with Crippen molar-refractivity contribution >= 4 is 45.0 Å². The van der Waals surface area contributed by atoms with Gasteiger partial charge in [-0.15, -0.1) is 13.2 Å². The number of methoxy groups -OCH3 is 1. The Kier molecular flexibility index (Phi) is 18.3. The van der Waals surface area contributed by atoms with E-state index in [1.807, 2.05) is 42.5 Å². The van der Waals surface area contributed by atoms with E-state index < -0.39 is 6.36 Å². The van der Waals surface area contributed by atoms with Crippen LogP contribution in [0.4, 0.5) is 13.2 Å². The monoisotopic (exact) mass is 1130 g/mol. The number of rotatable bonds is 16. The van der Waals surface area contributed by atoms with Gasteiger partial charge in [0.15, 0.2) is 0 Å². The second kappa shape index (κ2) is 25.5. The molecule has 11 rings (SSSR count). The number of aromatic nitrogens is 2. The van der Waals surface area contributed by atoms with E-state index in [-0.39, 0.29) is 11.3 Å². The molecule has 0 atom stereocenters. The summed E-state index contributed by atoms with van der Waals surface area (Å²) in [6, 6.07) is 45.0. The number of benzene rings is 6. The van der Waals surface area contributed by atoms with Gasteiger partial charge in [0.05, 0.1) is 7.11 Å². The summed E-state index contributed by atoms with van der Waals surface area (Å²) in [5, 5.41) is 4.11. The average molecular weight is 1130 g/mol. The van der Waals surface area contributed by atoms with Crippen molar-refractivity contribution in [1.29, 1.82) is 0 Å². The molecular weight excluding hydrogens is 1050 g/mol. The first-order valence-electron chi connectivity index (χ1n) is 28.4. The molecule has 2 N–H and O–H groups in total. The van der Waals surface area contributed by atoms with Crippen molar-refractivity contribution in [2.45, 2.75) is 97.0 Å². The first-order valence-corrected chi connectivity index (χ1v) is 29.2. The summed E-state index contributed by atoms with van der Waals surface area (Å²) in [5.74, 6) is 1.42. The van der Waals surface area contributed by atoms with Crippen LogP contribution in [0.15, 0.2) is 146 Å². The van der Waals surface area contributed by atoms with Crippen LogP contribution in [0.25, 0.3) is 44.1 Å². The fourth-order valence-corrected chi connectivity index (χ4v) is 12.5. The molecule has 1 aliphatic carbocycles. The number of nitrogens with two attached hydrogens (primary N) is 1. The van der Waals surface area contributed by atoms with Gasteiger partial charge in [0.1, 0.15) is 11.5 Å². The Labute approximate surface area is 480 Å². The Morgan fingerprint density at radius 2 is 1.00 bits per heavy atom. The fraction of sp³-hybridized carbons (Fsp3) is 0.394. The van der Waals surface area contributed by atoms with E-state index in [1.54, 1.807) is 19.2 Å². The van der Waals surface area contributed by atoms with Crippen LogP contribution in [0, 0.1) is 5.92 Å². The second-order valence-corrected chi connectivity index (χ2v) is 23.7. The number of hydrogen-bond acceptors (Lipinski definition) is 7. The van der Waals surface area contributed by atoms with Crippen LogP contribution < -0.4 is 15.2 Å². The maximum absolute atomic E-state index is 12.7. The zero-order valence-corrected chi connectivity index (χ0v) is 48.2. The van der Waals surface area contributed by atoms with Gasteiger partial charge in [-0.3, -0.25) is 19.6 Å². The number of halogens is 5. The maximum Gasteiger partial charge on any atom is 0.573 e. The second-order valence-electron chi connectivity index (χ2n) is 22.9. The molecule has 9 nitrogen and oxygen atoms in total. The third kappa shape index (κ3) is 14.1. The summed E-state index contributed by atoms with van der Waals surface area (Å²) >= 11 is 12.8. The summed E-state index contributed by atoms with van der Waals surface area (Å²) in [6.07, 6.45) is 5.44. The first kappa shape index (κ1) is 57.4. The summed E-state index contributed by atoms with van der Waals surface area (Å²) in [7, 11) is 1.71. The van der Waals surface area contributed by atoms with E-state index in [4.69, 9.17) is 33.7 Å². The van der Waals surface area contributed by atoms with Crippen LogP contribution in [-0.4, -0.2) is 101 Å². The van der Waals surface area contributed by atoms with E-state index in [0.717, 1.165) is 136 Å². The SMILES string of the molecule is CC1CCC(n2cc(-c3ccc(OC(F)(F)F)cc3)c3cc(CN4CCN(Cc5ccccc5Cl)CC4)ccc32)CC1.COc1ccc(-c2cn(C(C)(C)CCN)c3ccc(CN4CCN(Cc5ccccc5Cl)CC4)cc23)cc1. The molecule has 422 valence electrons. The number of fused-ring (bicyclic) bond motifs is 2. The standard InChI is InChI=1S/C34H37ClF3N3O.C32H39ClN4O/c1-24-6-11-28(12-7-24)41-23-31(26-9-13-29(14-10-26)42-34(36,37)38)30-20-25(8-15-33(30)41)21-39-16-18-40(19-17-39)22-27-4-2-3-5-32(27)35;1-32(2,14-15-34)37-23-29(25-9-11-27(38-3)12-10-25)28-20-24(8-13-31(28)37)21-35-16-18-36(19-17-35)22-26-6-4-5-7-30(26)33/h2-5,8-10,13-15,20,23-24,28H,6-7,11-12,16-19,21-22H2,1H3;4-13,20,23H,14-19,21-22,34H2,1-3H3. The molecule has 2 saturated heterocycles. The molecule has 6 aromatic carbocycles. The molecule has 14 heteroatoms. The minimum Gasteiger partial charge on any atom is -0.497 e. The van der Waals surface area contributed by atoms with Crippen molar-refractivity contribution in [3.05, 3.63) is 178 Å². The van der Waals surface area contributed by atoms with E-state index in [2.05, 4.69) is 133 Å². The number of nitrogens with zero attached hydrogens (tertiary/aromatic N) is 6. The molecule has 0 bridgehead atoms. The Balaban J connectivity index is 0.000000181. The molecule has 2 aromatic heterocycles. The van der Waals surface area contributed by atoms with Crippen LogP contribution >= 0.6 is 23.2 Å². The molecule has 3 fully saturated rings. The molecule has 0 radical (unpaired) electrons. The zero-order chi connectivity index (χ0) is 56.0. The van der Waals surface area contributed by atoms with Crippen molar-refractivity contribution in [2.75, 3.05) is 66.0 Å². The molecule has 4 heterocycles. The predicted molar refractivity (Wildman–Crippen MR) is 322 cm³/mol. The summed E-state index contributed by atoms with van der Waals surface area (Å²) in [6.45, 7) is 19.3. The fourth-order valence-electron chi connectivity index (χ4n) is 12.1. The third-order valence-corrected chi connectivity index (χ3v) is 17.5. The van der Waals surface area contributed by atoms with Crippen LogP contribution in [0.1, 0.15) is 81.2 Å². The van der Waals surface area contributed by atoms with Gasteiger partial charge < -0.3 is 24.3 Å². The summed E-state index contributed by atoms with van der Waals surface area (Å²) in [5.41, 5.74) is 17.7. The smallest absolute Gasteiger partial charge is 0.497 e. The average Bonchev–Trinajstić information content (AvgIpc) is 4.05. The largest absolute Gasteiger partial charge is 0.573 e. The van der Waals surface area contributed by atoms with E-state index in [1.165, 1.54) is 74.8 Å². The highest BCUT2D eigenvalue weighted by Crippen LogP contribution is 2.41. The summed E-state index contributed by atoms with van der Waals surface area (Å²) < 4.78 is 52.6. The number of piperazine rings is 2. The lowest BCUT2D eigenvalue weighted by atomic mass is 9.87. The highest BCUT2D eigenvalue weighted by molar-refractivity contribution is 6.31. The number of hydrogen-bond donors (Lipinski definition) is 1. The van der Waals surface area contributed by atoms with E-state index >= 15 is 0 Å².